The Bertz CT molecular complexity index is 358. The van der Waals surface area contributed by atoms with Crippen LogP contribution in [0.25, 0.3) is 0 Å². The molecule has 0 rings (SSSR count). The second kappa shape index (κ2) is 7.19. The Balaban J connectivity index is 4.13. The number of carbonyl (C=O) groups is 1. The number of hydrogen-bond acceptors (Lipinski definition) is 4. The zero-order valence-electron chi connectivity index (χ0n) is 9.14. The highest BCUT2D eigenvalue weighted by molar-refractivity contribution is 7.89. The van der Waals surface area contributed by atoms with Crippen LogP contribution in [-0.4, -0.2) is 31.3 Å². The molecule has 0 aromatic rings. The topological polar surface area (TPSA) is 107 Å². The average molecular weight is 248 g/mol. The fourth-order valence-electron chi connectivity index (χ4n) is 1.11. The second-order valence-electron chi connectivity index (χ2n) is 3.40. The molecule has 0 aliphatic heterocycles. The minimum atomic E-state index is -3.48. The van der Waals surface area contributed by atoms with Gasteiger partial charge in [-0.15, -0.1) is 0 Å². The van der Waals surface area contributed by atoms with E-state index in [2.05, 4.69) is 4.72 Å². The number of sulfonamides is 1. The van der Waals surface area contributed by atoms with Crippen molar-refractivity contribution in [3.8, 4) is 6.07 Å². The molecule has 0 aliphatic rings. The molecule has 0 amide bonds. The Morgan fingerprint density at radius 2 is 2.19 bits per heavy atom. The molecule has 0 aromatic heterocycles. The number of aliphatic carboxylic acids is 1. The molecule has 0 bridgehead atoms. The lowest BCUT2D eigenvalue weighted by molar-refractivity contribution is -0.137. The summed E-state index contributed by atoms with van der Waals surface area (Å²) in [5.41, 5.74) is 0. The smallest absolute Gasteiger partial charge is 0.303 e. The quantitative estimate of drug-likeness (QED) is 0.649. The van der Waals surface area contributed by atoms with Gasteiger partial charge in [-0.25, -0.2) is 13.1 Å². The van der Waals surface area contributed by atoms with Gasteiger partial charge in [-0.2, -0.15) is 5.26 Å². The molecule has 6 nitrogen and oxygen atoms in total. The van der Waals surface area contributed by atoms with Crippen molar-refractivity contribution in [1.29, 1.82) is 5.26 Å². The predicted octanol–water partition coefficient (Wildman–Crippen LogP) is 0.463. The van der Waals surface area contributed by atoms with E-state index < -0.39 is 16.0 Å². The fourth-order valence-corrected chi connectivity index (χ4v) is 2.51. The van der Waals surface area contributed by atoms with E-state index in [0.29, 0.717) is 6.42 Å². The van der Waals surface area contributed by atoms with Gasteiger partial charge in [0.05, 0.1) is 18.2 Å². The van der Waals surface area contributed by atoms with Crippen molar-refractivity contribution in [3.05, 3.63) is 0 Å². The summed E-state index contributed by atoms with van der Waals surface area (Å²) >= 11 is 0. The molecule has 2 N–H and O–H groups in total. The molecule has 7 heteroatoms. The van der Waals surface area contributed by atoms with E-state index in [1.54, 1.807) is 6.92 Å². The molecule has 1 atom stereocenters. The Morgan fingerprint density at radius 1 is 1.56 bits per heavy atom. The summed E-state index contributed by atoms with van der Waals surface area (Å²) < 4.78 is 25.3. The summed E-state index contributed by atoms with van der Waals surface area (Å²) in [5.74, 6) is -1.24. The Hall–Kier alpha value is -1.13. The molecule has 0 saturated heterocycles. The van der Waals surface area contributed by atoms with E-state index in [4.69, 9.17) is 10.4 Å². The maximum Gasteiger partial charge on any atom is 0.303 e. The van der Waals surface area contributed by atoms with Gasteiger partial charge in [0.25, 0.3) is 0 Å². The number of nitrogens with zero attached hydrogens (tertiary/aromatic N) is 1. The first kappa shape index (κ1) is 14.9. The molecule has 0 heterocycles. The maximum atomic E-state index is 11.4. The summed E-state index contributed by atoms with van der Waals surface area (Å²) in [4.78, 5) is 10.2. The lowest BCUT2D eigenvalue weighted by Crippen LogP contribution is -2.35. The van der Waals surface area contributed by atoms with Gasteiger partial charge in [0.15, 0.2) is 0 Å². The van der Waals surface area contributed by atoms with Crippen LogP contribution in [-0.2, 0) is 14.8 Å². The summed E-state index contributed by atoms with van der Waals surface area (Å²) in [6.45, 7) is 1.78. The third-order valence-electron chi connectivity index (χ3n) is 1.98. The van der Waals surface area contributed by atoms with Gasteiger partial charge in [0, 0.05) is 12.5 Å². The normalized spacial score (nSPS) is 13.0. The number of nitriles is 1. The first-order chi connectivity index (χ1) is 7.41. The van der Waals surface area contributed by atoms with Crippen LogP contribution in [0, 0.1) is 11.3 Å². The van der Waals surface area contributed by atoms with Crippen molar-refractivity contribution < 1.29 is 18.3 Å². The molecule has 92 valence electrons. The minimum absolute atomic E-state index is 0.0770. The molecule has 0 saturated carbocycles. The van der Waals surface area contributed by atoms with Gasteiger partial charge in [0.1, 0.15) is 0 Å². The second-order valence-corrected chi connectivity index (χ2v) is 5.27. The maximum absolute atomic E-state index is 11.4. The van der Waals surface area contributed by atoms with Crippen molar-refractivity contribution in [2.45, 2.75) is 38.6 Å². The highest BCUT2D eigenvalue weighted by Gasteiger charge is 2.16. The van der Waals surface area contributed by atoms with Gasteiger partial charge in [-0.05, 0) is 12.8 Å². The number of carboxylic acids is 1. The van der Waals surface area contributed by atoms with Gasteiger partial charge < -0.3 is 5.11 Å². The van der Waals surface area contributed by atoms with Gasteiger partial charge in [-0.1, -0.05) is 6.92 Å². The molecule has 0 fully saturated rings. The molecule has 0 aliphatic carbocycles. The van der Waals surface area contributed by atoms with Crippen molar-refractivity contribution in [3.63, 3.8) is 0 Å². The lowest BCUT2D eigenvalue weighted by atomic mass is 10.2. The standard InChI is InChI=1S/C9H16N2O4S/c1-2-8(5-6-10)11-16(14,15)7-3-4-9(12)13/h8,11H,2-5,7H2,1H3,(H,12,13). The summed E-state index contributed by atoms with van der Waals surface area (Å²) in [5, 5.41) is 16.8. The molecule has 0 aromatic carbocycles. The summed E-state index contributed by atoms with van der Waals surface area (Å²) in [6, 6.07) is 1.51. The van der Waals surface area contributed by atoms with Gasteiger partial charge in [-0.3, -0.25) is 4.79 Å². The highest BCUT2D eigenvalue weighted by Crippen LogP contribution is 2.01. The molecular weight excluding hydrogens is 232 g/mol. The zero-order chi connectivity index (χ0) is 12.6. The van der Waals surface area contributed by atoms with Crippen LogP contribution in [0.2, 0.25) is 0 Å². The third-order valence-corrected chi connectivity index (χ3v) is 3.50. The molecular formula is C9H16N2O4S. The van der Waals surface area contributed by atoms with E-state index in [1.165, 1.54) is 0 Å². The number of carboxylic acid groups (broad SMARTS) is 1. The number of nitrogens with one attached hydrogen (secondary N) is 1. The van der Waals surface area contributed by atoms with Crippen LogP contribution in [0.5, 0.6) is 0 Å². The van der Waals surface area contributed by atoms with Crippen LogP contribution in [0.4, 0.5) is 0 Å². The van der Waals surface area contributed by atoms with Crippen molar-refractivity contribution in [2.24, 2.45) is 0 Å². The van der Waals surface area contributed by atoms with E-state index >= 15 is 0 Å². The fraction of sp³-hybridized carbons (Fsp3) is 0.778. The monoisotopic (exact) mass is 248 g/mol. The van der Waals surface area contributed by atoms with Crippen molar-refractivity contribution >= 4 is 16.0 Å². The van der Waals surface area contributed by atoms with E-state index in [1.807, 2.05) is 6.07 Å². The Morgan fingerprint density at radius 3 is 2.62 bits per heavy atom. The first-order valence-corrected chi connectivity index (χ1v) is 6.65. The molecule has 0 spiro atoms. The Kier molecular flexibility index (Phi) is 6.69. The highest BCUT2D eigenvalue weighted by atomic mass is 32.2. The molecule has 0 radical (unpaired) electrons. The SMILES string of the molecule is CCC(CC#N)NS(=O)(=O)CCCC(=O)O. The summed E-state index contributed by atoms with van der Waals surface area (Å²) in [7, 11) is -3.48. The lowest BCUT2D eigenvalue weighted by Gasteiger charge is -2.13. The predicted molar refractivity (Wildman–Crippen MR) is 58.1 cm³/mol. The van der Waals surface area contributed by atoms with Crippen LogP contribution in [0.3, 0.4) is 0 Å². The van der Waals surface area contributed by atoms with Crippen molar-refractivity contribution in [1.82, 2.24) is 4.72 Å². The van der Waals surface area contributed by atoms with Crippen LogP contribution >= 0.6 is 0 Å². The van der Waals surface area contributed by atoms with Crippen LogP contribution in [0.15, 0.2) is 0 Å². The van der Waals surface area contributed by atoms with Crippen LogP contribution in [0.1, 0.15) is 32.6 Å². The third kappa shape index (κ3) is 7.20. The van der Waals surface area contributed by atoms with Gasteiger partial charge in [0.2, 0.25) is 10.0 Å². The first-order valence-electron chi connectivity index (χ1n) is 5.00. The van der Waals surface area contributed by atoms with E-state index in [0.717, 1.165) is 0 Å². The zero-order valence-corrected chi connectivity index (χ0v) is 9.96. The minimum Gasteiger partial charge on any atom is -0.481 e. The average Bonchev–Trinajstić information content (AvgIpc) is 2.15. The Labute approximate surface area is 95.3 Å². The number of hydrogen-bond donors (Lipinski definition) is 2. The van der Waals surface area contributed by atoms with E-state index in [9.17, 15) is 13.2 Å². The number of rotatable bonds is 8. The van der Waals surface area contributed by atoms with Crippen LogP contribution < -0.4 is 4.72 Å². The molecule has 16 heavy (non-hydrogen) atoms. The van der Waals surface area contributed by atoms with Gasteiger partial charge >= 0.3 is 5.97 Å². The molecule has 1 unspecified atom stereocenters. The van der Waals surface area contributed by atoms with E-state index in [-0.39, 0.29) is 31.1 Å². The summed E-state index contributed by atoms with van der Waals surface area (Å²) in [6.07, 6.45) is 0.560. The largest absolute Gasteiger partial charge is 0.481 e. The van der Waals surface area contributed by atoms with Crippen molar-refractivity contribution in [2.75, 3.05) is 5.75 Å².